The zero-order valence-electron chi connectivity index (χ0n) is 12.2. The average molecular weight is 261 g/mol. The van der Waals surface area contributed by atoms with Crippen LogP contribution in [-0.4, -0.2) is 17.7 Å². The van der Waals surface area contributed by atoms with Crippen molar-refractivity contribution in [1.82, 2.24) is 5.32 Å². The molecule has 0 bridgehead atoms. The molecule has 0 aromatic heterocycles. The van der Waals surface area contributed by atoms with E-state index in [0.29, 0.717) is 11.8 Å². The smallest absolute Gasteiger partial charge is 0.115 e. The lowest BCUT2D eigenvalue weighted by Gasteiger charge is -2.33. The van der Waals surface area contributed by atoms with E-state index in [2.05, 4.69) is 25.2 Å². The van der Waals surface area contributed by atoms with Crippen molar-refractivity contribution in [2.45, 2.75) is 52.0 Å². The van der Waals surface area contributed by atoms with E-state index >= 15 is 0 Å². The van der Waals surface area contributed by atoms with Crippen molar-refractivity contribution in [3.63, 3.8) is 0 Å². The third-order valence-corrected chi connectivity index (χ3v) is 4.46. The Bertz CT molecular complexity index is 383. The molecule has 1 aromatic rings. The molecular weight excluding hydrogens is 234 g/mol. The van der Waals surface area contributed by atoms with Gasteiger partial charge in [-0.15, -0.1) is 0 Å². The number of aromatic hydroxyl groups is 1. The Balaban J connectivity index is 1.99. The first-order chi connectivity index (χ1) is 9.19. The maximum atomic E-state index is 9.58. The van der Waals surface area contributed by atoms with Gasteiger partial charge in [-0.1, -0.05) is 38.8 Å². The molecule has 1 atom stereocenters. The van der Waals surface area contributed by atoms with E-state index in [9.17, 15) is 5.11 Å². The lowest BCUT2D eigenvalue weighted by molar-refractivity contribution is 0.230. The number of likely N-dealkylation sites (N-methyl/N-ethyl adjacent to an activating group) is 1. The predicted octanol–water partition coefficient (Wildman–Crippen LogP) is 3.74. The number of phenols is 1. The van der Waals surface area contributed by atoms with Crippen molar-refractivity contribution in [3.8, 4) is 5.75 Å². The molecule has 1 aromatic carbocycles. The zero-order chi connectivity index (χ0) is 13.7. The summed E-state index contributed by atoms with van der Waals surface area (Å²) in [5, 5.41) is 13.2. The molecular formula is C17H27NO. The van der Waals surface area contributed by atoms with E-state index < -0.39 is 0 Å². The number of rotatable bonds is 5. The molecule has 106 valence electrons. The number of hydrogen-bond acceptors (Lipinski definition) is 2. The van der Waals surface area contributed by atoms with Gasteiger partial charge in [0.15, 0.2) is 0 Å². The van der Waals surface area contributed by atoms with Crippen LogP contribution in [0.15, 0.2) is 24.3 Å². The fourth-order valence-corrected chi connectivity index (χ4v) is 3.29. The lowest BCUT2D eigenvalue weighted by Crippen LogP contribution is -2.39. The topological polar surface area (TPSA) is 32.3 Å². The highest BCUT2D eigenvalue weighted by molar-refractivity contribution is 5.27. The summed E-state index contributed by atoms with van der Waals surface area (Å²) in [5.41, 5.74) is 1.24. The first-order valence-electron chi connectivity index (χ1n) is 7.70. The van der Waals surface area contributed by atoms with Gasteiger partial charge in [0.1, 0.15) is 5.75 Å². The third kappa shape index (κ3) is 4.24. The number of phenolic OH excluding ortho intramolecular Hbond substituents is 1. The summed E-state index contributed by atoms with van der Waals surface area (Å²) < 4.78 is 0. The van der Waals surface area contributed by atoms with Gasteiger partial charge in [0.2, 0.25) is 0 Å². The second-order valence-electron chi connectivity index (χ2n) is 6.06. The van der Waals surface area contributed by atoms with E-state index in [1.54, 1.807) is 6.07 Å². The van der Waals surface area contributed by atoms with Crippen LogP contribution in [-0.2, 0) is 6.42 Å². The quantitative estimate of drug-likeness (QED) is 0.846. The Labute approximate surface area is 117 Å². The molecule has 0 amide bonds. The molecule has 0 aliphatic heterocycles. The van der Waals surface area contributed by atoms with Gasteiger partial charge < -0.3 is 10.4 Å². The molecule has 1 fully saturated rings. The standard InChI is InChI=1S/C17H27NO/c1-3-18-17(15-9-7-13(2)8-10-15)12-14-5-4-6-16(19)11-14/h4-6,11,13,15,17-19H,3,7-10,12H2,1-2H3. The van der Waals surface area contributed by atoms with E-state index in [1.165, 1.54) is 31.2 Å². The summed E-state index contributed by atoms with van der Waals surface area (Å²) in [7, 11) is 0. The van der Waals surface area contributed by atoms with Gasteiger partial charge in [0.25, 0.3) is 0 Å². The predicted molar refractivity (Wildman–Crippen MR) is 80.4 cm³/mol. The second kappa shape index (κ2) is 6.95. The van der Waals surface area contributed by atoms with E-state index in [4.69, 9.17) is 0 Å². The zero-order valence-corrected chi connectivity index (χ0v) is 12.2. The molecule has 2 rings (SSSR count). The summed E-state index contributed by atoms with van der Waals surface area (Å²) in [6, 6.07) is 8.26. The van der Waals surface area contributed by atoms with Gasteiger partial charge in [-0.25, -0.2) is 0 Å². The van der Waals surface area contributed by atoms with E-state index in [-0.39, 0.29) is 0 Å². The van der Waals surface area contributed by atoms with Gasteiger partial charge >= 0.3 is 0 Å². The fraction of sp³-hybridized carbons (Fsp3) is 0.647. The molecule has 0 heterocycles. The van der Waals surface area contributed by atoms with Crippen molar-refractivity contribution in [2.75, 3.05) is 6.54 Å². The second-order valence-corrected chi connectivity index (χ2v) is 6.06. The summed E-state index contributed by atoms with van der Waals surface area (Å²) in [5.74, 6) is 2.07. The normalized spacial score (nSPS) is 25.2. The Morgan fingerprint density at radius 3 is 2.63 bits per heavy atom. The molecule has 2 heteroatoms. The monoisotopic (exact) mass is 261 g/mol. The first kappa shape index (κ1) is 14.4. The minimum Gasteiger partial charge on any atom is -0.508 e. The van der Waals surface area contributed by atoms with Crippen LogP contribution < -0.4 is 5.32 Å². The summed E-state index contributed by atoms with van der Waals surface area (Å²) in [6.07, 6.45) is 6.45. The molecule has 1 aliphatic rings. The summed E-state index contributed by atoms with van der Waals surface area (Å²) in [4.78, 5) is 0. The van der Waals surface area contributed by atoms with Crippen molar-refractivity contribution in [2.24, 2.45) is 11.8 Å². The number of hydrogen-bond donors (Lipinski definition) is 2. The van der Waals surface area contributed by atoms with Crippen LogP contribution in [0.5, 0.6) is 5.75 Å². The van der Waals surface area contributed by atoms with Crippen LogP contribution in [0.25, 0.3) is 0 Å². The largest absolute Gasteiger partial charge is 0.508 e. The Morgan fingerprint density at radius 1 is 1.26 bits per heavy atom. The highest BCUT2D eigenvalue weighted by Gasteiger charge is 2.25. The molecule has 1 unspecified atom stereocenters. The number of nitrogens with one attached hydrogen (secondary N) is 1. The van der Waals surface area contributed by atoms with Crippen molar-refractivity contribution < 1.29 is 5.11 Å². The Morgan fingerprint density at radius 2 is 2.00 bits per heavy atom. The minimum absolute atomic E-state index is 0.380. The SMILES string of the molecule is CCNC(Cc1cccc(O)c1)C1CCC(C)CC1. The molecule has 19 heavy (non-hydrogen) atoms. The summed E-state index contributed by atoms with van der Waals surface area (Å²) in [6.45, 7) is 5.57. The van der Waals surface area contributed by atoms with Gasteiger partial charge in [0.05, 0.1) is 0 Å². The van der Waals surface area contributed by atoms with Gasteiger partial charge in [-0.3, -0.25) is 0 Å². The van der Waals surface area contributed by atoms with Crippen molar-refractivity contribution in [1.29, 1.82) is 0 Å². The van der Waals surface area contributed by atoms with Crippen LogP contribution >= 0.6 is 0 Å². The molecule has 2 N–H and O–H groups in total. The van der Waals surface area contributed by atoms with Crippen molar-refractivity contribution >= 4 is 0 Å². The van der Waals surface area contributed by atoms with Crippen LogP contribution in [0.4, 0.5) is 0 Å². The fourth-order valence-electron chi connectivity index (χ4n) is 3.29. The van der Waals surface area contributed by atoms with Gasteiger partial charge in [-0.05, 0) is 55.3 Å². The molecule has 1 aliphatic carbocycles. The highest BCUT2D eigenvalue weighted by atomic mass is 16.3. The summed E-state index contributed by atoms with van der Waals surface area (Å²) >= 11 is 0. The minimum atomic E-state index is 0.380. The van der Waals surface area contributed by atoms with Crippen LogP contribution in [0.3, 0.4) is 0 Å². The van der Waals surface area contributed by atoms with Crippen LogP contribution in [0.2, 0.25) is 0 Å². The maximum absolute atomic E-state index is 9.58. The van der Waals surface area contributed by atoms with Gasteiger partial charge in [-0.2, -0.15) is 0 Å². The van der Waals surface area contributed by atoms with Crippen LogP contribution in [0.1, 0.15) is 45.1 Å². The highest BCUT2D eigenvalue weighted by Crippen LogP contribution is 2.31. The van der Waals surface area contributed by atoms with E-state index in [0.717, 1.165) is 24.8 Å². The Kier molecular flexibility index (Phi) is 5.26. The molecule has 1 saturated carbocycles. The maximum Gasteiger partial charge on any atom is 0.115 e. The van der Waals surface area contributed by atoms with E-state index in [1.807, 2.05) is 12.1 Å². The first-order valence-corrected chi connectivity index (χ1v) is 7.70. The third-order valence-electron chi connectivity index (χ3n) is 4.46. The molecule has 2 nitrogen and oxygen atoms in total. The van der Waals surface area contributed by atoms with Gasteiger partial charge in [0, 0.05) is 6.04 Å². The Hall–Kier alpha value is -1.02. The number of benzene rings is 1. The molecule has 0 radical (unpaired) electrons. The lowest BCUT2D eigenvalue weighted by atomic mass is 9.77. The van der Waals surface area contributed by atoms with Crippen LogP contribution in [0, 0.1) is 11.8 Å². The van der Waals surface area contributed by atoms with Crippen molar-refractivity contribution in [3.05, 3.63) is 29.8 Å². The molecule has 0 spiro atoms. The average Bonchev–Trinajstić information content (AvgIpc) is 2.39. The molecule has 0 saturated heterocycles.